The summed E-state index contributed by atoms with van der Waals surface area (Å²) in [4.78, 5) is 13.9. The zero-order valence-corrected chi connectivity index (χ0v) is 12.5. The summed E-state index contributed by atoms with van der Waals surface area (Å²) >= 11 is 0. The fraction of sp³-hybridized carbons (Fsp3) is 0.176. The first-order chi connectivity index (χ1) is 10.1. The lowest BCUT2D eigenvalue weighted by atomic mass is 10.1. The first-order valence-corrected chi connectivity index (χ1v) is 6.74. The monoisotopic (exact) mass is 281 g/mol. The van der Waals surface area contributed by atoms with E-state index in [9.17, 15) is 4.79 Å². The van der Waals surface area contributed by atoms with Gasteiger partial charge in [0.05, 0.1) is 6.21 Å². The first kappa shape index (κ1) is 14.8. The van der Waals surface area contributed by atoms with Crippen molar-refractivity contribution < 1.29 is 4.79 Å². The molecule has 0 heterocycles. The van der Waals surface area contributed by atoms with E-state index in [1.807, 2.05) is 62.3 Å². The van der Waals surface area contributed by atoms with E-state index in [0.717, 1.165) is 16.8 Å². The molecule has 0 atom stereocenters. The number of nitrogens with one attached hydrogen (secondary N) is 1. The molecule has 108 valence electrons. The standard InChI is InChI=1S/C17H19N3O/c1-13-4-8-15(9-5-13)17(21)19-18-12-14-6-10-16(11-7-14)20(2)3/h4-12H,1-3H3,(H,19,21). The fourth-order valence-electron chi connectivity index (χ4n) is 1.79. The Hall–Kier alpha value is -2.62. The van der Waals surface area contributed by atoms with Crippen LogP contribution < -0.4 is 10.3 Å². The Morgan fingerprint density at radius 1 is 1.05 bits per heavy atom. The summed E-state index contributed by atoms with van der Waals surface area (Å²) < 4.78 is 0. The van der Waals surface area contributed by atoms with Crippen molar-refractivity contribution in [2.24, 2.45) is 5.10 Å². The number of anilines is 1. The van der Waals surface area contributed by atoms with Gasteiger partial charge in [-0.15, -0.1) is 0 Å². The van der Waals surface area contributed by atoms with E-state index in [0.29, 0.717) is 5.56 Å². The highest BCUT2D eigenvalue weighted by atomic mass is 16.2. The van der Waals surface area contributed by atoms with Gasteiger partial charge in [-0.1, -0.05) is 29.8 Å². The van der Waals surface area contributed by atoms with Crippen molar-refractivity contribution in [3.8, 4) is 0 Å². The molecule has 0 bridgehead atoms. The smallest absolute Gasteiger partial charge is 0.271 e. The highest BCUT2D eigenvalue weighted by Gasteiger charge is 2.02. The number of benzene rings is 2. The van der Waals surface area contributed by atoms with Crippen LogP contribution in [-0.4, -0.2) is 26.2 Å². The Balaban J connectivity index is 1.95. The number of carbonyl (C=O) groups is 1. The number of hydrogen-bond donors (Lipinski definition) is 1. The second-order valence-electron chi connectivity index (χ2n) is 5.05. The van der Waals surface area contributed by atoms with Crippen molar-refractivity contribution in [2.45, 2.75) is 6.92 Å². The quantitative estimate of drug-likeness (QED) is 0.692. The Morgan fingerprint density at radius 2 is 1.67 bits per heavy atom. The lowest BCUT2D eigenvalue weighted by molar-refractivity contribution is 0.0955. The number of nitrogens with zero attached hydrogens (tertiary/aromatic N) is 2. The minimum Gasteiger partial charge on any atom is -0.378 e. The van der Waals surface area contributed by atoms with E-state index in [1.165, 1.54) is 0 Å². The van der Waals surface area contributed by atoms with E-state index in [4.69, 9.17) is 0 Å². The number of amides is 1. The molecule has 0 aliphatic rings. The van der Waals surface area contributed by atoms with Crippen molar-refractivity contribution >= 4 is 17.8 Å². The van der Waals surface area contributed by atoms with Crippen molar-refractivity contribution in [1.82, 2.24) is 5.43 Å². The summed E-state index contributed by atoms with van der Waals surface area (Å²) in [6.45, 7) is 1.98. The molecule has 21 heavy (non-hydrogen) atoms. The SMILES string of the molecule is Cc1ccc(C(=O)NN=Cc2ccc(N(C)C)cc2)cc1. The first-order valence-electron chi connectivity index (χ1n) is 6.74. The van der Waals surface area contributed by atoms with Gasteiger partial charge in [-0.25, -0.2) is 5.43 Å². The molecule has 0 radical (unpaired) electrons. The Bertz CT molecular complexity index is 628. The summed E-state index contributed by atoms with van der Waals surface area (Å²) in [6, 6.07) is 15.3. The van der Waals surface area contributed by atoms with Crippen molar-refractivity contribution in [3.05, 3.63) is 65.2 Å². The van der Waals surface area contributed by atoms with E-state index in [2.05, 4.69) is 10.5 Å². The van der Waals surface area contributed by atoms with Crippen molar-refractivity contribution in [1.29, 1.82) is 0 Å². The molecule has 4 nitrogen and oxygen atoms in total. The Labute approximate surface area is 125 Å². The second-order valence-corrected chi connectivity index (χ2v) is 5.05. The molecule has 2 rings (SSSR count). The van der Waals surface area contributed by atoms with E-state index in [1.54, 1.807) is 18.3 Å². The van der Waals surface area contributed by atoms with Gasteiger partial charge in [0.25, 0.3) is 5.91 Å². The zero-order chi connectivity index (χ0) is 15.2. The van der Waals surface area contributed by atoms with Crippen LogP contribution in [-0.2, 0) is 0 Å². The van der Waals surface area contributed by atoms with Crippen LogP contribution in [0.3, 0.4) is 0 Å². The van der Waals surface area contributed by atoms with Gasteiger partial charge in [0.2, 0.25) is 0 Å². The van der Waals surface area contributed by atoms with Crippen molar-refractivity contribution in [2.75, 3.05) is 19.0 Å². The lowest BCUT2D eigenvalue weighted by Crippen LogP contribution is -2.17. The van der Waals surface area contributed by atoms with E-state index >= 15 is 0 Å². The predicted octanol–water partition coefficient (Wildman–Crippen LogP) is 2.82. The van der Waals surface area contributed by atoms with Crippen LogP contribution in [0.1, 0.15) is 21.5 Å². The van der Waals surface area contributed by atoms with Crippen LogP contribution in [0.15, 0.2) is 53.6 Å². The largest absolute Gasteiger partial charge is 0.378 e. The molecule has 0 aliphatic heterocycles. The molecule has 2 aromatic carbocycles. The van der Waals surface area contributed by atoms with Gasteiger partial charge in [0, 0.05) is 25.3 Å². The third-order valence-electron chi connectivity index (χ3n) is 3.10. The second kappa shape index (κ2) is 6.70. The molecule has 0 saturated heterocycles. The summed E-state index contributed by atoms with van der Waals surface area (Å²) in [5, 5.41) is 3.98. The molecule has 0 unspecified atom stereocenters. The molecule has 0 aliphatic carbocycles. The maximum Gasteiger partial charge on any atom is 0.271 e. The van der Waals surface area contributed by atoms with Crippen LogP contribution in [0.5, 0.6) is 0 Å². The number of aryl methyl sites for hydroxylation is 1. The van der Waals surface area contributed by atoms with Crippen LogP contribution >= 0.6 is 0 Å². The van der Waals surface area contributed by atoms with Crippen molar-refractivity contribution in [3.63, 3.8) is 0 Å². The summed E-state index contributed by atoms with van der Waals surface area (Å²) in [6.07, 6.45) is 1.63. The average Bonchev–Trinajstić information content (AvgIpc) is 2.48. The normalized spacial score (nSPS) is 10.6. The van der Waals surface area contributed by atoms with Gasteiger partial charge in [0.1, 0.15) is 0 Å². The third kappa shape index (κ3) is 4.18. The number of carbonyl (C=O) groups excluding carboxylic acids is 1. The highest BCUT2D eigenvalue weighted by Crippen LogP contribution is 2.10. The number of hydrazone groups is 1. The highest BCUT2D eigenvalue weighted by molar-refractivity contribution is 5.94. The number of rotatable bonds is 4. The topological polar surface area (TPSA) is 44.7 Å². The number of hydrogen-bond acceptors (Lipinski definition) is 3. The molecule has 0 fully saturated rings. The van der Waals surface area contributed by atoms with Crippen LogP contribution in [0.4, 0.5) is 5.69 Å². The molecule has 0 aromatic heterocycles. The Kier molecular flexibility index (Phi) is 4.72. The van der Waals surface area contributed by atoms with Gasteiger partial charge in [-0.2, -0.15) is 5.10 Å². The molecule has 1 N–H and O–H groups in total. The molecule has 1 amide bonds. The maximum absolute atomic E-state index is 11.9. The molecule has 4 heteroatoms. The molecular weight excluding hydrogens is 262 g/mol. The molecular formula is C17H19N3O. The van der Waals surface area contributed by atoms with Gasteiger partial charge in [-0.05, 0) is 36.8 Å². The van der Waals surface area contributed by atoms with Crippen LogP contribution in [0.25, 0.3) is 0 Å². The molecule has 0 spiro atoms. The summed E-state index contributed by atoms with van der Waals surface area (Å²) in [5.74, 6) is -0.212. The van der Waals surface area contributed by atoms with E-state index in [-0.39, 0.29) is 5.91 Å². The van der Waals surface area contributed by atoms with E-state index < -0.39 is 0 Å². The minimum absolute atomic E-state index is 0.212. The van der Waals surface area contributed by atoms with Gasteiger partial charge in [-0.3, -0.25) is 4.79 Å². The van der Waals surface area contributed by atoms with Gasteiger partial charge < -0.3 is 4.90 Å². The summed E-state index contributed by atoms with van der Waals surface area (Å²) in [5.41, 5.74) is 6.30. The zero-order valence-electron chi connectivity index (χ0n) is 12.5. The maximum atomic E-state index is 11.9. The van der Waals surface area contributed by atoms with Gasteiger partial charge >= 0.3 is 0 Å². The lowest BCUT2D eigenvalue weighted by Gasteiger charge is -2.11. The third-order valence-corrected chi connectivity index (χ3v) is 3.10. The van der Waals surface area contributed by atoms with Gasteiger partial charge in [0.15, 0.2) is 0 Å². The average molecular weight is 281 g/mol. The Morgan fingerprint density at radius 3 is 2.24 bits per heavy atom. The molecule has 0 saturated carbocycles. The van der Waals surface area contributed by atoms with Crippen LogP contribution in [0.2, 0.25) is 0 Å². The minimum atomic E-state index is -0.212. The summed E-state index contributed by atoms with van der Waals surface area (Å²) in [7, 11) is 3.98. The predicted molar refractivity (Wildman–Crippen MR) is 87.0 cm³/mol. The fourth-order valence-corrected chi connectivity index (χ4v) is 1.79. The molecule has 2 aromatic rings. The van der Waals surface area contributed by atoms with Crippen LogP contribution in [0, 0.1) is 6.92 Å².